The molecule has 0 bridgehead atoms. The minimum Gasteiger partial charge on any atom is -0.467 e. The van der Waals surface area contributed by atoms with Crippen LogP contribution in [0.2, 0.25) is 0 Å². The Balaban J connectivity index is 1.73. The molecule has 2 N–H and O–H groups in total. The summed E-state index contributed by atoms with van der Waals surface area (Å²) in [6, 6.07) is 1.59. The van der Waals surface area contributed by atoms with Gasteiger partial charge in [0.25, 0.3) is 0 Å². The number of carbonyl (C=O) groups is 1. The fourth-order valence-electron chi connectivity index (χ4n) is 2.14. The Hall–Kier alpha value is -2.11. The zero-order valence-electron chi connectivity index (χ0n) is 11.7. The second kappa shape index (κ2) is 7.47. The lowest BCUT2D eigenvalue weighted by Crippen LogP contribution is -2.30. The smallest absolute Gasteiger partial charge is 0.320 e. The molecular weight excluding hydrogens is 256 g/mol. The van der Waals surface area contributed by atoms with E-state index in [0.29, 0.717) is 12.4 Å². The largest absolute Gasteiger partial charge is 0.467 e. The third-order valence-electron chi connectivity index (χ3n) is 3.17. The van der Waals surface area contributed by atoms with Gasteiger partial charge in [0.05, 0.1) is 7.11 Å². The summed E-state index contributed by atoms with van der Waals surface area (Å²) in [4.78, 5) is 19.6. The van der Waals surface area contributed by atoms with Crippen LogP contribution >= 0.6 is 0 Å². The molecule has 2 rings (SSSR count). The second-order valence-electron chi connectivity index (χ2n) is 4.67. The van der Waals surface area contributed by atoms with Gasteiger partial charge in [-0.3, -0.25) is 5.32 Å². The van der Waals surface area contributed by atoms with E-state index in [1.54, 1.807) is 6.07 Å². The summed E-state index contributed by atoms with van der Waals surface area (Å²) in [6.07, 6.45) is 9.62. The van der Waals surface area contributed by atoms with Crippen LogP contribution in [0.1, 0.15) is 32.1 Å². The number of rotatable bonds is 5. The molecule has 108 valence electrons. The van der Waals surface area contributed by atoms with Crippen molar-refractivity contribution in [3.8, 4) is 6.01 Å². The van der Waals surface area contributed by atoms with Gasteiger partial charge in [0.2, 0.25) is 0 Å². The van der Waals surface area contributed by atoms with E-state index in [9.17, 15) is 4.79 Å². The topological polar surface area (TPSA) is 76.1 Å². The van der Waals surface area contributed by atoms with Crippen LogP contribution in [0.5, 0.6) is 6.01 Å². The first-order valence-corrected chi connectivity index (χ1v) is 6.88. The zero-order chi connectivity index (χ0) is 14.2. The van der Waals surface area contributed by atoms with Crippen molar-refractivity contribution in [2.24, 2.45) is 0 Å². The van der Waals surface area contributed by atoms with E-state index >= 15 is 0 Å². The third-order valence-corrected chi connectivity index (χ3v) is 3.17. The number of nitrogens with one attached hydrogen (secondary N) is 2. The summed E-state index contributed by atoms with van der Waals surface area (Å²) < 4.78 is 4.90. The standard InChI is InChI=1S/C14H20N4O2/c1-20-14-16-10-8-12(18-14)17-13(19)15-9-7-11-5-3-2-4-6-11/h5,8,10H,2-4,6-7,9H2,1H3,(H2,15,16,17,18,19). The Kier molecular flexibility index (Phi) is 5.34. The quantitative estimate of drug-likeness (QED) is 0.810. The second-order valence-corrected chi connectivity index (χ2v) is 4.67. The Labute approximate surface area is 118 Å². The minimum absolute atomic E-state index is 0.232. The van der Waals surface area contributed by atoms with Gasteiger partial charge in [-0.15, -0.1) is 0 Å². The van der Waals surface area contributed by atoms with E-state index in [-0.39, 0.29) is 12.0 Å². The molecule has 0 saturated carbocycles. The van der Waals surface area contributed by atoms with Gasteiger partial charge in [-0.1, -0.05) is 11.6 Å². The van der Waals surface area contributed by atoms with E-state index in [4.69, 9.17) is 4.74 Å². The molecule has 6 heteroatoms. The number of amides is 2. The summed E-state index contributed by atoms with van der Waals surface area (Å²) in [6.45, 7) is 0.639. The molecule has 0 saturated heterocycles. The van der Waals surface area contributed by atoms with E-state index < -0.39 is 0 Å². The summed E-state index contributed by atoms with van der Waals surface area (Å²) in [5.74, 6) is 0.422. The van der Waals surface area contributed by atoms with E-state index in [1.165, 1.54) is 38.1 Å². The molecule has 0 radical (unpaired) electrons. The fourth-order valence-corrected chi connectivity index (χ4v) is 2.14. The minimum atomic E-state index is -0.262. The van der Waals surface area contributed by atoms with Gasteiger partial charge >= 0.3 is 12.0 Å². The maximum Gasteiger partial charge on any atom is 0.320 e. The van der Waals surface area contributed by atoms with Crippen molar-refractivity contribution >= 4 is 11.8 Å². The molecular formula is C14H20N4O2. The number of ether oxygens (including phenoxy) is 1. The van der Waals surface area contributed by atoms with Crippen LogP contribution in [-0.4, -0.2) is 29.7 Å². The average molecular weight is 276 g/mol. The summed E-state index contributed by atoms with van der Waals surface area (Å²) >= 11 is 0. The van der Waals surface area contributed by atoms with Gasteiger partial charge in [-0.25, -0.2) is 9.78 Å². The highest BCUT2D eigenvalue weighted by Crippen LogP contribution is 2.19. The molecule has 0 unspecified atom stereocenters. The summed E-state index contributed by atoms with van der Waals surface area (Å²) in [5, 5.41) is 5.48. The number of urea groups is 1. The summed E-state index contributed by atoms with van der Waals surface area (Å²) in [7, 11) is 1.48. The lowest BCUT2D eigenvalue weighted by atomic mass is 9.97. The van der Waals surface area contributed by atoms with E-state index in [2.05, 4.69) is 26.7 Å². The van der Waals surface area contributed by atoms with Crippen molar-refractivity contribution in [3.63, 3.8) is 0 Å². The van der Waals surface area contributed by atoms with Gasteiger partial charge in [0.15, 0.2) is 0 Å². The number of aromatic nitrogens is 2. The summed E-state index contributed by atoms with van der Waals surface area (Å²) in [5.41, 5.74) is 1.44. The number of allylic oxidation sites excluding steroid dienone is 1. The van der Waals surface area contributed by atoms with Crippen LogP contribution in [0.25, 0.3) is 0 Å². The molecule has 1 aromatic heterocycles. The Morgan fingerprint density at radius 2 is 2.35 bits per heavy atom. The van der Waals surface area contributed by atoms with Crippen LogP contribution in [0.3, 0.4) is 0 Å². The predicted molar refractivity (Wildman–Crippen MR) is 76.8 cm³/mol. The molecule has 0 fully saturated rings. The number of methoxy groups -OCH3 is 1. The molecule has 0 atom stereocenters. The van der Waals surface area contributed by atoms with Gasteiger partial charge in [-0.05, 0) is 38.2 Å². The SMILES string of the molecule is COc1nccc(NC(=O)NCCC2=CCCCC2)n1. The number of anilines is 1. The molecule has 1 heterocycles. The van der Waals surface area contributed by atoms with Crippen molar-refractivity contribution in [1.29, 1.82) is 0 Å². The van der Waals surface area contributed by atoms with Crippen LogP contribution in [0, 0.1) is 0 Å². The highest BCUT2D eigenvalue weighted by atomic mass is 16.5. The highest BCUT2D eigenvalue weighted by molar-refractivity contribution is 5.88. The van der Waals surface area contributed by atoms with E-state index in [1.807, 2.05) is 0 Å². The third kappa shape index (κ3) is 4.53. The molecule has 0 aromatic carbocycles. The molecule has 6 nitrogen and oxygen atoms in total. The van der Waals surface area contributed by atoms with Gasteiger partial charge < -0.3 is 10.1 Å². The maximum absolute atomic E-state index is 11.7. The van der Waals surface area contributed by atoms with Gasteiger partial charge in [-0.2, -0.15) is 4.98 Å². The fraction of sp³-hybridized carbons (Fsp3) is 0.500. The van der Waals surface area contributed by atoms with Crippen molar-refractivity contribution in [1.82, 2.24) is 15.3 Å². The first-order chi connectivity index (χ1) is 9.78. The van der Waals surface area contributed by atoms with Crippen LogP contribution in [-0.2, 0) is 0 Å². The maximum atomic E-state index is 11.7. The normalized spacial score (nSPS) is 14.3. The van der Waals surface area contributed by atoms with Crippen molar-refractivity contribution in [3.05, 3.63) is 23.9 Å². The molecule has 1 aromatic rings. The predicted octanol–water partition coefficient (Wildman–Crippen LogP) is 2.50. The number of hydrogen-bond donors (Lipinski definition) is 2. The number of hydrogen-bond acceptors (Lipinski definition) is 4. The zero-order valence-corrected chi connectivity index (χ0v) is 11.7. The Morgan fingerprint density at radius 1 is 1.45 bits per heavy atom. The molecule has 0 aliphatic heterocycles. The number of carbonyl (C=O) groups excluding carboxylic acids is 1. The van der Waals surface area contributed by atoms with Crippen LogP contribution in [0.4, 0.5) is 10.6 Å². The lowest BCUT2D eigenvalue weighted by molar-refractivity contribution is 0.252. The van der Waals surface area contributed by atoms with Crippen LogP contribution in [0.15, 0.2) is 23.9 Å². The molecule has 1 aliphatic carbocycles. The molecule has 2 amide bonds. The lowest BCUT2D eigenvalue weighted by Gasteiger charge is -2.13. The first kappa shape index (κ1) is 14.3. The van der Waals surface area contributed by atoms with Crippen molar-refractivity contribution in [2.75, 3.05) is 19.0 Å². The Morgan fingerprint density at radius 3 is 3.10 bits per heavy atom. The van der Waals surface area contributed by atoms with E-state index in [0.717, 1.165) is 12.8 Å². The van der Waals surface area contributed by atoms with Crippen LogP contribution < -0.4 is 15.4 Å². The monoisotopic (exact) mass is 276 g/mol. The highest BCUT2D eigenvalue weighted by Gasteiger charge is 2.06. The molecule has 0 spiro atoms. The van der Waals surface area contributed by atoms with Gasteiger partial charge in [0, 0.05) is 12.7 Å². The molecule has 1 aliphatic rings. The first-order valence-electron chi connectivity index (χ1n) is 6.88. The average Bonchev–Trinajstić information content (AvgIpc) is 2.48. The molecule has 20 heavy (non-hydrogen) atoms. The van der Waals surface area contributed by atoms with Gasteiger partial charge in [0.1, 0.15) is 5.82 Å². The van der Waals surface area contributed by atoms with Crippen molar-refractivity contribution in [2.45, 2.75) is 32.1 Å². The number of nitrogens with zero attached hydrogens (tertiary/aromatic N) is 2. The Bertz CT molecular complexity index is 488. The van der Waals surface area contributed by atoms with Crippen molar-refractivity contribution < 1.29 is 9.53 Å².